The zero-order valence-electron chi connectivity index (χ0n) is 14.1. The molecule has 0 aliphatic heterocycles. The summed E-state index contributed by atoms with van der Waals surface area (Å²) in [5.74, 6) is 0.00290. The van der Waals surface area contributed by atoms with Gasteiger partial charge < -0.3 is 14.8 Å². The second-order valence-corrected chi connectivity index (χ2v) is 6.52. The summed E-state index contributed by atoms with van der Waals surface area (Å²) in [6.07, 6.45) is 1.52. The molecule has 0 radical (unpaired) electrons. The van der Waals surface area contributed by atoms with Crippen LogP contribution in [-0.2, 0) is 12.0 Å². The van der Waals surface area contributed by atoms with Crippen molar-refractivity contribution in [2.24, 2.45) is 0 Å². The van der Waals surface area contributed by atoms with Gasteiger partial charge in [-0.25, -0.2) is 0 Å². The molecule has 25 heavy (non-hydrogen) atoms. The van der Waals surface area contributed by atoms with Crippen molar-refractivity contribution < 1.29 is 9.32 Å². The van der Waals surface area contributed by atoms with E-state index in [1.165, 1.54) is 6.20 Å². The Hall–Kier alpha value is -3.23. The lowest BCUT2D eigenvalue weighted by Crippen LogP contribution is -2.23. The van der Waals surface area contributed by atoms with Crippen molar-refractivity contribution in [2.45, 2.75) is 32.7 Å². The quantitative estimate of drug-likeness (QED) is 0.657. The molecule has 130 valence electrons. The Bertz CT molecular complexity index is 947. The number of amides is 1. The number of H-pyrrole nitrogens is 2. The number of aromatic amines is 2. The van der Waals surface area contributed by atoms with Gasteiger partial charge in [0.15, 0.2) is 0 Å². The Morgan fingerprint density at radius 3 is 2.84 bits per heavy atom. The first-order valence-corrected chi connectivity index (χ1v) is 7.69. The average molecular weight is 342 g/mol. The third kappa shape index (κ3) is 3.65. The molecule has 0 bridgehead atoms. The maximum atomic E-state index is 12.2. The fourth-order valence-corrected chi connectivity index (χ4v) is 2.10. The molecule has 0 fully saturated rings. The summed E-state index contributed by atoms with van der Waals surface area (Å²) in [7, 11) is 0. The van der Waals surface area contributed by atoms with Gasteiger partial charge in [0.2, 0.25) is 11.7 Å². The molecular weight excluding hydrogens is 324 g/mol. The fraction of sp³-hybridized carbons (Fsp3) is 0.312. The largest absolute Gasteiger partial charge is 0.342 e. The summed E-state index contributed by atoms with van der Waals surface area (Å²) < 4.78 is 5.06. The van der Waals surface area contributed by atoms with Crippen LogP contribution >= 0.6 is 0 Å². The topological polar surface area (TPSA) is 130 Å². The lowest BCUT2D eigenvalue weighted by molar-refractivity contribution is 0.0941. The molecule has 0 saturated carbocycles. The van der Waals surface area contributed by atoms with Crippen molar-refractivity contribution in [3.8, 4) is 11.4 Å². The van der Waals surface area contributed by atoms with Crippen LogP contribution in [0.4, 0.5) is 0 Å². The Balaban J connectivity index is 1.66. The van der Waals surface area contributed by atoms with E-state index in [2.05, 4.69) is 30.6 Å². The van der Waals surface area contributed by atoms with Crippen molar-refractivity contribution in [3.05, 3.63) is 52.0 Å². The number of pyridine rings is 1. The predicted octanol–water partition coefficient (Wildman–Crippen LogP) is 1.38. The Morgan fingerprint density at radius 1 is 1.36 bits per heavy atom. The number of nitrogens with zero attached hydrogens (tertiary/aromatic N) is 3. The summed E-state index contributed by atoms with van der Waals surface area (Å²) in [5.41, 5.74) is 0.997. The zero-order chi connectivity index (χ0) is 18.0. The van der Waals surface area contributed by atoms with Crippen molar-refractivity contribution in [1.82, 2.24) is 30.6 Å². The highest BCUT2D eigenvalue weighted by molar-refractivity contribution is 5.92. The first kappa shape index (κ1) is 16.6. The molecule has 3 N–H and O–H groups in total. The lowest BCUT2D eigenvalue weighted by Gasteiger charge is -2.14. The molecule has 0 atom stereocenters. The number of hydrogen-bond donors (Lipinski definition) is 3. The van der Waals surface area contributed by atoms with Gasteiger partial charge in [0.25, 0.3) is 11.5 Å². The Labute approximate surface area is 142 Å². The van der Waals surface area contributed by atoms with E-state index in [1.54, 1.807) is 18.2 Å². The van der Waals surface area contributed by atoms with Crippen molar-refractivity contribution in [1.29, 1.82) is 0 Å². The minimum absolute atomic E-state index is 0.0360. The standard InChI is InChI=1S/C16H18N6O3/c1-16(2,3)11-7-10(20-21-11)15(24)18-8-12-19-13(22-25-12)9-5-4-6-17-14(9)23/h4-7H,8H2,1-3H3,(H,17,23)(H,18,24)(H,20,21). The van der Waals surface area contributed by atoms with Crippen LogP contribution in [0.1, 0.15) is 42.8 Å². The molecule has 3 heterocycles. The van der Waals surface area contributed by atoms with Gasteiger partial charge in [-0.3, -0.25) is 14.7 Å². The molecular formula is C16H18N6O3. The maximum absolute atomic E-state index is 12.2. The number of hydrogen-bond acceptors (Lipinski definition) is 6. The van der Waals surface area contributed by atoms with E-state index in [9.17, 15) is 9.59 Å². The van der Waals surface area contributed by atoms with Crippen LogP contribution in [0.2, 0.25) is 0 Å². The number of nitrogens with one attached hydrogen (secondary N) is 3. The first-order valence-electron chi connectivity index (χ1n) is 7.69. The monoisotopic (exact) mass is 342 g/mol. The SMILES string of the molecule is CC(C)(C)c1cc(C(=O)NCc2nc(-c3ccc[nH]c3=O)no2)n[nH]1. The second-order valence-electron chi connectivity index (χ2n) is 6.52. The molecule has 0 aromatic carbocycles. The van der Waals surface area contributed by atoms with Gasteiger partial charge in [-0.2, -0.15) is 10.1 Å². The molecule has 9 nitrogen and oxygen atoms in total. The summed E-state index contributed by atoms with van der Waals surface area (Å²) in [6.45, 7) is 6.10. The highest BCUT2D eigenvalue weighted by atomic mass is 16.5. The molecule has 0 aliphatic rings. The lowest BCUT2D eigenvalue weighted by atomic mass is 9.92. The van der Waals surface area contributed by atoms with E-state index in [4.69, 9.17) is 4.52 Å². The van der Waals surface area contributed by atoms with Gasteiger partial charge in [-0.1, -0.05) is 25.9 Å². The van der Waals surface area contributed by atoms with Crippen molar-refractivity contribution in [2.75, 3.05) is 0 Å². The van der Waals surface area contributed by atoms with Gasteiger partial charge in [0.05, 0.1) is 12.1 Å². The molecule has 3 aromatic heterocycles. The average Bonchev–Trinajstić information content (AvgIpc) is 3.22. The smallest absolute Gasteiger partial charge is 0.272 e. The summed E-state index contributed by atoms with van der Waals surface area (Å²) in [6, 6.07) is 4.96. The minimum Gasteiger partial charge on any atom is -0.342 e. The van der Waals surface area contributed by atoms with E-state index < -0.39 is 0 Å². The van der Waals surface area contributed by atoms with E-state index in [0.717, 1.165) is 5.69 Å². The van der Waals surface area contributed by atoms with Crippen LogP contribution in [0.3, 0.4) is 0 Å². The third-order valence-corrected chi connectivity index (χ3v) is 3.55. The summed E-state index contributed by atoms with van der Waals surface area (Å²) >= 11 is 0. The molecule has 3 rings (SSSR count). The number of carbonyl (C=O) groups is 1. The van der Waals surface area contributed by atoms with Gasteiger partial charge in [-0.05, 0) is 18.2 Å². The van der Waals surface area contributed by atoms with Gasteiger partial charge in [0, 0.05) is 17.3 Å². The summed E-state index contributed by atoms with van der Waals surface area (Å²) in [5, 5.41) is 13.3. The van der Waals surface area contributed by atoms with E-state index in [0.29, 0.717) is 5.56 Å². The molecule has 0 spiro atoms. The van der Waals surface area contributed by atoms with Crippen LogP contribution in [-0.4, -0.2) is 31.2 Å². The van der Waals surface area contributed by atoms with Crippen LogP contribution in [0.25, 0.3) is 11.4 Å². The highest BCUT2D eigenvalue weighted by Crippen LogP contribution is 2.20. The molecule has 0 aliphatic carbocycles. The second kappa shape index (κ2) is 6.34. The van der Waals surface area contributed by atoms with Crippen LogP contribution in [0.15, 0.2) is 33.7 Å². The van der Waals surface area contributed by atoms with E-state index in [1.807, 2.05) is 20.8 Å². The van der Waals surface area contributed by atoms with E-state index >= 15 is 0 Å². The minimum atomic E-state index is -0.357. The van der Waals surface area contributed by atoms with Gasteiger partial charge in [-0.15, -0.1) is 0 Å². The van der Waals surface area contributed by atoms with E-state index in [-0.39, 0.29) is 40.8 Å². The summed E-state index contributed by atoms with van der Waals surface area (Å²) in [4.78, 5) is 30.5. The molecule has 0 saturated heterocycles. The third-order valence-electron chi connectivity index (χ3n) is 3.55. The normalized spacial score (nSPS) is 11.5. The number of carbonyl (C=O) groups excluding carboxylic acids is 1. The van der Waals surface area contributed by atoms with Gasteiger partial charge in [0.1, 0.15) is 5.69 Å². The Morgan fingerprint density at radius 2 is 2.16 bits per heavy atom. The Kier molecular flexibility index (Phi) is 4.22. The van der Waals surface area contributed by atoms with Crippen molar-refractivity contribution >= 4 is 5.91 Å². The highest BCUT2D eigenvalue weighted by Gasteiger charge is 2.20. The predicted molar refractivity (Wildman–Crippen MR) is 88.8 cm³/mol. The first-order chi connectivity index (χ1) is 11.8. The van der Waals surface area contributed by atoms with Crippen LogP contribution < -0.4 is 10.9 Å². The number of aromatic nitrogens is 5. The van der Waals surface area contributed by atoms with Crippen LogP contribution in [0, 0.1) is 0 Å². The zero-order valence-corrected chi connectivity index (χ0v) is 14.1. The van der Waals surface area contributed by atoms with Crippen molar-refractivity contribution in [3.63, 3.8) is 0 Å². The molecule has 9 heteroatoms. The molecule has 3 aromatic rings. The molecule has 1 amide bonds. The molecule has 0 unspecified atom stereocenters. The van der Waals surface area contributed by atoms with Gasteiger partial charge >= 0.3 is 0 Å². The maximum Gasteiger partial charge on any atom is 0.272 e. The van der Waals surface area contributed by atoms with Crippen LogP contribution in [0.5, 0.6) is 0 Å². The number of rotatable bonds is 4. The fourth-order valence-electron chi connectivity index (χ4n) is 2.10.